The van der Waals surface area contributed by atoms with Crippen molar-refractivity contribution in [2.45, 2.75) is 12.5 Å². The highest BCUT2D eigenvalue weighted by Gasteiger charge is 2.24. The number of benzene rings is 1. The van der Waals surface area contributed by atoms with E-state index in [1.165, 1.54) is 0 Å². The Kier molecular flexibility index (Phi) is 3.23. The third-order valence-electron chi connectivity index (χ3n) is 2.59. The molecule has 3 nitrogen and oxygen atoms in total. The van der Waals surface area contributed by atoms with Crippen molar-refractivity contribution >= 4 is 31.9 Å². The van der Waals surface area contributed by atoms with Crippen LogP contribution in [0.1, 0.15) is 18.0 Å². The summed E-state index contributed by atoms with van der Waals surface area (Å²) in [5.74, 6) is 0.626. The second-order valence-corrected chi connectivity index (χ2v) is 5.03. The SMILES string of the molecule is COc1cc([C@@H]2CCN2)c(Br)c(Br)c1O. The van der Waals surface area contributed by atoms with Gasteiger partial charge in [-0.1, -0.05) is 0 Å². The molecule has 1 aliphatic rings. The van der Waals surface area contributed by atoms with E-state index >= 15 is 0 Å². The monoisotopic (exact) mass is 335 g/mol. The summed E-state index contributed by atoms with van der Waals surface area (Å²) in [6, 6.07) is 2.21. The molecule has 1 aromatic rings. The normalized spacial score (nSPS) is 19.8. The Hall–Kier alpha value is -0.260. The van der Waals surface area contributed by atoms with Crippen LogP contribution in [0, 0.1) is 0 Å². The molecule has 0 amide bonds. The number of nitrogens with one attached hydrogen (secondary N) is 1. The van der Waals surface area contributed by atoms with Crippen LogP contribution in [-0.4, -0.2) is 18.8 Å². The number of aromatic hydroxyl groups is 1. The molecule has 0 aromatic heterocycles. The minimum Gasteiger partial charge on any atom is -0.503 e. The fourth-order valence-electron chi connectivity index (χ4n) is 1.58. The number of phenols is 1. The average Bonchev–Trinajstić information content (AvgIpc) is 2.16. The molecular formula is C10H11Br2NO2. The predicted octanol–water partition coefficient (Wildman–Crippen LogP) is 2.96. The first-order chi connectivity index (χ1) is 7.15. The maximum absolute atomic E-state index is 9.75. The van der Waals surface area contributed by atoms with Gasteiger partial charge in [0.05, 0.1) is 11.6 Å². The topological polar surface area (TPSA) is 41.5 Å². The molecule has 2 rings (SSSR count). The van der Waals surface area contributed by atoms with Crippen LogP contribution in [-0.2, 0) is 0 Å². The molecule has 1 aromatic carbocycles. The third-order valence-corrected chi connectivity index (χ3v) is 4.75. The van der Waals surface area contributed by atoms with Gasteiger partial charge in [-0.25, -0.2) is 0 Å². The van der Waals surface area contributed by atoms with Gasteiger partial charge in [0.25, 0.3) is 0 Å². The molecule has 0 bridgehead atoms. The van der Waals surface area contributed by atoms with E-state index in [-0.39, 0.29) is 5.75 Å². The number of halogens is 2. The van der Waals surface area contributed by atoms with Crippen molar-refractivity contribution in [1.29, 1.82) is 0 Å². The van der Waals surface area contributed by atoms with Gasteiger partial charge in [0.15, 0.2) is 11.5 Å². The Bertz CT molecular complexity index is 391. The van der Waals surface area contributed by atoms with E-state index in [2.05, 4.69) is 37.2 Å². The first kappa shape index (κ1) is 11.2. The summed E-state index contributed by atoms with van der Waals surface area (Å²) in [4.78, 5) is 0. The zero-order valence-electron chi connectivity index (χ0n) is 8.18. The number of rotatable bonds is 2. The Morgan fingerprint density at radius 2 is 2.13 bits per heavy atom. The molecule has 0 aliphatic carbocycles. The molecule has 82 valence electrons. The average molecular weight is 337 g/mol. The molecular weight excluding hydrogens is 326 g/mol. The fourth-order valence-corrected chi connectivity index (χ4v) is 2.58. The van der Waals surface area contributed by atoms with Crippen LogP contribution in [0.2, 0.25) is 0 Å². The quantitative estimate of drug-likeness (QED) is 0.872. The van der Waals surface area contributed by atoms with Gasteiger partial charge in [-0.05, 0) is 56.5 Å². The zero-order valence-corrected chi connectivity index (χ0v) is 11.4. The van der Waals surface area contributed by atoms with Gasteiger partial charge in [-0.2, -0.15) is 0 Å². The van der Waals surface area contributed by atoms with Crippen LogP contribution in [0.3, 0.4) is 0 Å². The molecule has 0 saturated carbocycles. The summed E-state index contributed by atoms with van der Waals surface area (Å²) in [5, 5.41) is 13.1. The Balaban J connectivity index is 2.49. The highest BCUT2D eigenvalue weighted by molar-refractivity contribution is 9.13. The van der Waals surface area contributed by atoms with E-state index in [0.29, 0.717) is 16.3 Å². The van der Waals surface area contributed by atoms with Crippen LogP contribution in [0.4, 0.5) is 0 Å². The van der Waals surface area contributed by atoms with Gasteiger partial charge >= 0.3 is 0 Å². The first-order valence-electron chi connectivity index (χ1n) is 4.63. The molecule has 1 atom stereocenters. The minimum absolute atomic E-state index is 0.132. The molecule has 1 aliphatic heterocycles. The lowest BCUT2D eigenvalue weighted by atomic mass is 9.98. The summed E-state index contributed by atoms with van der Waals surface area (Å²) in [6.45, 7) is 1.04. The van der Waals surface area contributed by atoms with E-state index in [1.54, 1.807) is 7.11 Å². The van der Waals surface area contributed by atoms with Crippen molar-refractivity contribution in [2.75, 3.05) is 13.7 Å². The number of methoxy groups -OCH3 is 1. The Morgan fingerprint density at radius 1 is 1.47 bits per heavy atom. The lowest BCUT2D eigenvalue weighted by molar-refractivity contribution is 0.360. The van der Waals surface area contributed by atoms with Crippen LogP contribution < -0.4 is 10.1 Å². The van der Waals surface area contributed by atoms with E-state index in [4.69, 9.17) is 4.74 Å². The van der Waals surface area contributed by atoms with Crippen molar-refractivity contribution in [3.8, 4) is 11.5 Å². The highest BCUT2D eigenvalue weighted by Crippen LogP contribution is 2.44. The highest BCUT2D eigenvalue weighted by atomic mass is 79.9. The maximum atomic E-state index is 9.75. The Labute approximate surface area is 105 Å². The smallest absolute Gasteiger partial charge is 0.173 e. The lowest BCUT2D eigenvalue weighted by Crippen LogP contribution is -2.35. The van der Waals surface area contributed by atoms with Gasteiger partial charge in [0.2, 0.25) is 0 Å². The second-order valence-electron chi connectivity index (χ2n) is 3.44. The molecule has 15 heavy (non-hydrogen) atoms. The van der Waals surface area contributed by atoms with Crippen LogP contribution in [0.5, 0.6) is 11.5 Å². The minimum atomic E-state index is 0.132. The van der Waals surface area contributed by atoms with E-state index in [1.807, 2.05) is 6.07 Å². The van der Waals surface area contributed by atoms with Gasteiger partial charge in [-0.15, -0.1) is 0 Å². The number of phenolic OH excluding ortho intramolecular Hbond substituents is 1. The van der Waals surface area contributed by atoms with Crippen LogP contribution >= 0.6 is 31.9 Å². The van der Waals surface area contributed by atoms with E-state index in [0.717, 1.165) is 23.0 Å². The summed E-state index contributed by atoms with van der Waals surface area (Å²) >= 11 is 6.81. The van der Waals surface area contributed by atoms with Gasteiger partial charge in [0.1, 0.15) is 0 Å². The first-order valence-corrected chi connectivity index (χ1v) is 6.22. The van der Waals surface area contributed by atoms with Gasteiger partial charge in [0, 0.05) is 10.5 Å². The van der Waals surface area contributed by atoms with Crippen molar-refractivity contribution in [3.05, 3.63) is 20.6 Å². The molecule has 0 spiro atoms. The number of hydrogen-bond donors (Lipinski definition) is 2. The second kappa shape index (κ2) is 4.31. The van der Waals surface area contributed by atoms with Gasteiger partial charge < -0.3 is 15.2 Å². The number of ether oxygens (including phenoxy) is 1. The summed E-state index contributed by atoms with van der Waals surface area (Å²) < 4.78 is 6.64. The van der Waals surface area contributed by atoms with E-state index < -0.39 is 0 Å². The fraction of sp³-hybridized carbons (Fsp3) is 0.400. The third kappa shape index (κ3) is 1.88. The van der Waals surface area contributed by atoms with Crippen molar-refractivity contribution < 1.29 is 9.84 Å². The van der Waals surface area contributed by atoms with Gasteiger partial charge in [-0.3, -0.25) is 0 Å². The molecule has 5 heteroatoms. The maximum Gasteiger partial charge on any atom is 0.173 e. The molecule has 1 heterocycles. The van der Waals surface area contributed by atoms with Crippen molar-refractivity contribution in [1.82, 2.24) is 5.32 Å². The van der Waals surface area contributed by atoms with Crippen molar-refractivity contribution in [3.63, 3.8) is 0 Å². The largest absolute Gasteiger partial charge is 0.503 e. The van der Waals surface area contributed by atoms with Crippen LogP contribution in [0.25, 0.3) is 0 Å². The summed E-state index contributed by atoms with van der Waals surface area (Å²) in [7, 11) is 1.55. The van der Waals surface area contributed by atoms with E-state index in [9.17, 15) is 5.11 Å². The predicted molar refractivity (Wildman–Crippen MR) is 65.4 cm³/mol. The molecule has 1 saturated heterocycles. The van der Waals surface area contributed by atoms with Crippen LogP contribution in [0.15, 0.2) is 15.0 Å². The summed E-state index contributed by atoms with van der Waals surface area (Å²) in [6.07, 6.45) is 1.11. The molecule has 2 N–H and O–H groups in total. The molecule has 0 radical (unpaired) electrons. The standard InChI is InChI=1S/C10H11Br2NO2/c1-15-7-4-5(6-2-3-13-6)8(11)9(12)10(7)14/h4,6,13-14H,2-3H2,1H3/t6-/m0/s1. The number of hydrogen-bond acceptors (Lipinski definition) is 3. The summed E-state index contributed by atoms with van der Waals surface area (Å²) in [5.41, 5.74) is 1.11. The molecule has 0 unspecified atom stereocenters. The Morgan fingerprint density at radius 3 is 2.60 bits per heavy atom. The lowest BCUT2D eigenvalue weighted by Gasteiger charge is -2.29. The zero-order chi connectivity index (χ0) is 11.0. The van der Waals surface area contributed by atoms with Crippen molar-refractivity contribution in [2.24, 2.45) is 0 Å². The molecule has 1 fully saturated rings.